The summed E-state index contributed by atoms with van der Waals surface area (Å²) in [6.45, 7) is 0.822. The number of hydrogen-bond acceptors (Lipinski definition) is 1. The molecule has 19 heavy (non-hydrogen) atoms. The van der Waals surface area contributed by atoms with Crippen LogP contribution in [0.2, 0.25) is 0 Å². The summed E-state index contributed by atoms with van der Waals surface area (Å²) in [6, 6.07) is 18.8. The van der Waals surface area contributed by atoms with Crippen molar-refractivity contribution >= 4 is 15.9 Å². The summed E-state index contributed by atoms with van der Waals surface area (Å²) in [7, 11) is 0. The van der Waals surface area contributed by atoms with Crippen LogP contribution in [0, 0.1) is 5.41 Å². The van der Waals surface area contributed by atoms with Gasteiger partial charge in [0.2, 0.25) is 0 Å². The highest BCUT2D eigenvalue weighted by atomic mass is 79.9. The molecule has 0 spiro atoms. The highest BCUT2D eigenvalue weighted by molar-refractivity contribution is 9.09. The average molecular weight is 317 g/mol. The van der Waals surface area contributed by atoms with Crippen molar-refractivity contribution in [3.05, 3.63) is 54.6 Å². The Bertz CT molecular complexity index is 529. The van der Waals surface area contributed by atoms with Gasteiger partial charge in [-0.15, -0.1) is 0 Å². The van der Waals surface area contributed by atoms with E-state index in [2.05, 4.69) is 64.5 Å². The molecule has 0 atom stereocenters. The fourth-order valence-corrected chi connectivity index (χ4v) is 2.83. The average Bonchev–Trinajstić information content (AvgIpc) is 3.27. The maximum atomic E-state index is 5.89. The molecular formula is C17H17BrO. The lowest BCUT2D eigenvalue weighted by molar-refractivity contribution is 0.251. The first-order chi connectivity index (χ1) is 9.31. The van der Waals surface area contributed by atoms with Crippen molar-refractivity contribution < 1.29 is 4.74 Å². The van der Waals surface area contributed by atoms with Gasteiger partial charge < -0.3 is 4.74 Å². The molecule has 2 aromatic carbocycles. The smallest absolute Gasteiger partial charge is 0.119 e. The van der Waals surface area contributed by atoms with Crippen LogP contribution in [-0.4, -0.2) is 11.9 Å². The van der Waals surface area contributed by atoms with Gasteiger partial charge in [-0.05, 0) is 36.1 Å². The molecular weight excluding hydrogens is 300 g/mol. The zero-order valence-electron chi connectivity index (χ0n) is 10.8. The molecule has 1 saturated carbocycles. The molecule has 98 valence electrons. The minimum Gasteiger partial charge on any atom is -0.493 e. The van der Waals surface area contributed by atoms with Gasteiger partial charge in [0.1, 0.15) is 5.75 Å². The number of rotatable bonds is 5. The second kappa shape index (κ2) is 5.38. The summed E-state index contributed by atoms with van der Waals surface area (Å²) in [5.41, 5.74) is 2.88. The van der Waals surface area contributed by atoms with Gasteiger partial charge in [0.05, 0.1) is 6.61 Å². The summed E-state index contributed by atoms with van der Waals surface area (Å²) in [6.07, 6.45) is 2.56. The molecule has 1 aliphatic rings. The van der Waals surface area contributed by atoms with Crippen molar-refractivity contribution in [3.8, 4) is 16.9 Å². The van der Waals surface area contributed by atoms with Gasteiger partial charge >= 0.3 is 0 Å². The predicted octanol–water partition coefficient (Wildman–Crippen LogP) is 4.91. The fraction of sp³-hybridized carbons (Fsp3) is 0.294. The molecule has 0 saturated heterocycles. The monoisotopic (exact) mass is 316 g/mol. The van der Waals surface area contributed by atoms with E-state index in [1.165, 1.54) is 24.0 Å². The Morgan fingerprint density at radius 3 is 2.11 bits per heavy atom. The number of hydrogen-bond donors (Lipinski definition) is 0. The van der Waals surface area contributed by atoms with Crippen LogP contribution in [-0.2, 0) is 0 Å². The van der Waals surface area contributed by atoms with Gasteiger partial charge in [0.25, 0.3) is 0 Å². The molecule has 0 amide bonds. The van der Waals surface area contributed by atoms with Gasteiger partial charge in [0, 0.05) is 10.7 Å². The molecule has 2 aromatic rings. The van der Waals surface area contributed by atoms with E-state index < -0.39 is 0 Å². The quantitative estimate of drug-likeness (QED) is 0.712. The van der Waals surface area contributed by atoms with Crippen LogP contribution in [0.4, 0.5) is 0 Å². The van der Waals surface area contributed by atoms with Crippen LogP contribution in [0.15, 0.2) is 54.6 Å². The normalized spacial score (nSPS) is 16.1. The molecule has 0 N–H and O–H groups in total. The Hall–Kier alpha value is -1.28. The van der Waals surface area contributed by atoms with Crippen molar-refractivity contribution in [2.75, 3.05) is 11.9 Å². The van der Waals surface area contributed by atoms with Crippen LogP contribution in [0.1, 0.15) is 12.8 Å². The van der Waals surface area contributed by atoms with Crippen molar-refractivity contribution in [3.63, 3.8) is 0 Å². The summed E-state index contributed by atoms with van der Waals surface area (Å²) >= 11 is 3.57. The van der Waals surface area contributed by atoms with Crippen molar-refractivity contribution in [2.24, 2.45) is 5.41 Å². The van der Waals surface area contributed by atoms with Gasteiger partial charge in [-0.3, -0.25) is 0 Å². The summed E-state index contributed by atoms with van der Waals surface area (Å²) < 4.78 is 5.89. The molecule has 0 aromatic heterocycles. The Balaban J connectivity index is 1.66. The van der Waals surface area contributed by atoms with Gasteiger partial charge in [0.15, 0.2) is 0 Å². The summed E-state index contributed by atoms with van der Waals surface area (Å²) in [5.74, 6) is 0.965. The van der Waals surface area contributed by atoms with Gasteiger partial charge in [-0.2, -0.15) is 0 Å². The van der Waals surface area contributed by atoms with Crippen molar-refractivity contribution in [1.82, 2.24) is 0 Å². The number of benzene rings is 2. The number of ether oxygens (including phenoxy) is 1. The third kappa shape index (κ3) is 3.01. The lowest BCUT2D eigenvalue weighted by Crippen LogP contribution is -2.14. The maximum Gasteiger partial charge on any atom is 0.119 e. The molecule has 1 fully saturated rings. The molecule has 1 nitrogen and oxygen atoms in total. The summed E-state index contributed by atoms with van der Waals surface area (Å²) in [5, 5.41) is 1.04. The Kier molecular flexibility index (Phi) is 3.61. The van der Waals surface area contributed by atoms with Gasteiger partial charge in [-0.25, -0.2) is 0 Å². The predicted molar refractivity (Wildman–Crippen MR) is 82.8 cm³/mol. The molecule has 0 aliphatic heterocycles. The molecule has 0 radical (unpaired) electrons. The van der Waals surface area contributed by atoms with Crippen LogP contribution in [0.3, 0.4) is 0 Å². The first-order valence-corrected chi connectivity index (χ1v) is 7.78. The lowest BCUT2D eigenvalue weighted by atomic mass is 10.1. The minimum atomic E-state index is 0.401. The summed E-state index contributed by atoms with van der Waals surface area (Å²) in [4.78, 5) is 0. The standard InChI is InChI=1S/C17H17BrO/c18-12-17(10-11-17)13-19-16-8-6-15(7-9-16)14-4-2-1-3-5-14/h1-9H,10-13H2. The zero-order valence-corrected chi connectivity index (χ0v) is 12.4. The van der Waals surface area contributed by atoms with E-state index >= 15 is 0 Å². The number of halogens is 1. The first kappa shape index (κ1) is 12.7. The lowest BCUT2D eigenvalue weighted by Gasteiger charge is -2.13. The zero-order chi connectivity index (χ0) is 13.1. The Morgan fingerprint density at radius 2 is 1.53 bits per heavy atom. The molecule has 3 rings (SSSR count). The van der Waals surface area contributed by atoms with E-state index in [9.17, 15) is 0 Å². The SMILES string of the molecule is BrCC1(COc2ccc(-c3ccccc3)cc2)CC1. The minimum absolute atomic E-state index is 0.401. The molecule has 2 heteroatoms. The third-order valence-corrected chi connectivity index (χ3v) is 4.94. The van der Waals surface area contributed by atoms with E-state index in [0.29, 0.717) is 5.41 Å². The maximum absolute atomic E-state index is 5.89. The largest absolute Gasteiger partial charge is 0.493 e. The third-order valence-electron chi connectivity index (χ3n) is 3.75. The highest BCUT2D eigenvalue weighted by Crippen LogP contribution is 2.47. The van der Waals surface area contributed by atoms with Gasteiger partial charge in [-0.1, -0.05) is 58.4 Å². The Morgan fingerprint density at radius 1 is 0.895 bits per heavy atom. The van der Waals surface area contributed by atoms with E-state index in [0.717, 1.165) is 17.7 Å². The molecule has 0 heterocycles. The Labute approximate surface area is 122 Å². The van der Waals surface area contributed by atoms with Crippen LogP contribution >= 0.6 is 15.9 Å². The molecule has 0 bridgehead atoms. The molecule has 0 unspecified atom stereocenters. The van der Waals surface area contributed by atoms with Crippen molar-refractivity contribution in [2.45, 2.75) is 12.8 Å². The number of alkyl halides is 1. The molecule has 1 aliphatic carbocycles. The van der Waals surface area contributed by atoms with E-state index in [-0.39, 0.29) is 0 Å². The highest BCUT2D eigenvalue weighted by Gasteiger charge is 2.42. The van der Waals surface area contributed by atoms with E-state index in [4.69, 9.17) is 4.74 Å². The fourth-order valence-electron chi connectivity index (χ4n) is 2.10. The first-order valence-electron chi connectivity index (χ1n) is 6.66. The second-order valence-corrected chi connectivity index (χ2v) is 5.87. The van der Waals surface area contributed by atoms with E-state index in [1.54, 1.807) is 0 Å². The van der Waals surface area contributed by atoms with E-state index in [1.807, 2.05) is 6.07 Å². The van der Waals surface area contributed by atoms with Crippen LogP contribution in [0.5, 0.6) is 5.75 Å². The van der Waals surface area contributed by atoms with Crippen LogP contribution in [0.25, 0.3) is 11.1 Å². The second-order valence-electron chi connectivity index (χ2n) is 5.31. The topological polar surface area (TPSA) is 9.23 Å². The van der Waals surface area contributed by atoms with Crippen molar-refractivity contribution in [1.29, 1.82) is 0 Å². The van der Waals surface area contributed by atoms with Crippen LogP contribution < -0.4 is 4.74 Å².